The number of anilines is 1. The number of nitrogens with zero attached hydrogens (tertiary/aromatic N) is 1. The van der Waals surface area contributed by atoms with Gasteiger partial charge in [0.25, 0.3) is 10.0 Å². The van der Waals surface area contributed by atoms with E-state index in [0.717, 1.165) is 4.47 Å². The van der Waals surface area contributed by atoms with E-state index in [2.05, 4.69) is 20.7 Å². The van der Waals surface area contributed by atoms with E-state index in [9.17, 15) is 22.8 Å². The Kier molecular flexibility index (Phi) is 9.76. The Labute approximate surface area is 251 Å². The Balaban J connectivity index is 1.57. The maximum absolute atomic E-state index is 14.0. The fourth-order valence-electron chi connectivity index (χ4n) is 3.95. The quantitative estimate of drug-likeness (QED) is 0.157. The summed E-state index contributed by atoms with van der Waals surface area (Å²) in [6.07, 6.45) is 0. The van der Waals surface area contributed by atoms with E-state index in [0.29, 0.717) is 27.9 Å². The van der Waals surface area contributed by atoms with Crippen molar-refractivity contribution in [2.75, 3.05) is 18.5 Å². The van der Waals surface area contributed by atoms with Gasteiger partial charge < -0.3 is 14.2 Å². The minimum absolute atomic E-state index is 0.0400. The van der Waals surface area contributed by atoms with E-state index >= 15 is 0 Å². The fraction of sp³-hybridized carbons (Fsp3) is 0.129. The molecule has 42 heavy (non-hydrogen) atoms. The van der Waals surface area contributed by atoms with Gasteiger partial charge in [-0.05, 0) is 77.9 Å². The lowest BCUT2D eigenvalue weighted by atomic mass is 10.1. The van der Waals surface area contributed by atoms with E-state index < -0.39 is 27.9 Å². The van der Waals surface area contributed by atoms with Gasteiger partial charge in [0.05, 0.1) is 48.0 Å². The van der Waals surface area contributed by atoms with Gasteiger partial charge in [-0.15, -0.1) is 0 Å². The first-order valence-corrected chi connectivity index (χ1v) is 14.8. The second-order valence-corrected chi connectivity index (χ2v) is 11.7. The first-order chi connectivity index (χ1) is 20.1. The Morgan fingerprint density at radius 3 is 1.79 bits per heavy atom. The van der Waals surface area contributed by atoms with Gasteiger partial charge in [-0.2, -0.15) is 0 Å². The number of rotatable bonds is 10. The predicted molar refractivity (Wildman–Crippen MR) is 159 cm³/mol. The molecule has 4 aromatic carbocycles. The monoisotopic (exact) mass is 651 g/mol. The molecular weight excluding hydrogens is 626 g/mol. The second kappa shape index (κ2) is 13.5. The van der Waals surface area contributed by atoms with Crippen LogP contribution in [-0.4, -0.2) is 40.5 Å². The Bertz CT molecular complexity index is 1690. The van der Waals surface area contributed by atoms with Crippen LogP contribution in [0.25, 0.3) is 0 Å². The van der Waals surface area contributed by atoms with Crippen LogP contribution >= 0.6 is 15.9 Å². The molecule has 0 saturated heterocycles. The van der Waals surface area contributed by atoms with Crippen LogP contribution in [0.15, 0.2) is 106 Å². The SMILES string of the molecule is COC(=O)c1ccc(COC(=O)c2cccc(S(=O)(=O)N(Cc3ccc(C(=O)OC)cc3)c3ccc(Br)cc3)c2)cc1. The van der Waals surface area contributed by atoms with Crippen molar-refractivity contribution in [3.63, 3.8) is 0 Å². The van der Waals surface area contributed by atoms with Gasteiger partial charge in [-0.3, -0.25) is 4.31 Å². The van der Waals surface area contributed by atoms with Gasteiger partial charge in [-0.1, -0.05) is 46.3 Å². The largest absolute Gasteiger partial charge is 0.465 e. The van der Waals surface area contributed by atoms with Gasteiger partial charge in [0, 0.05) is 4.47 Å². The molecule has 11 heteroatoms. The molecule has 0 radical (unpaired) electrons. The van der Waals surface area contributed by atoms with Gasteiger partial charge in [0.2, 0.25) is 0 Å². The molecular formula is C31H26BrNO8S. The Morgan fingerprint density at radius 1 is 0.690 bits per heavy atom. The van der Waals surface area contributed by atoms with Crippen molar-refractivity contribution < 1.29 is 37.0 Å². The molecule has 0 aliphatic rings. The Morgan fingerprint density at radius 2 is 1.24 bits per heavy atom. The molecule has 0 amide bonds. The number of esters is 3. The number of methoxy groups -OCH3 is 2. The molecule has 0 bridgehead atoms. The Hall–Kier alpha value is -4.48. The summed E-state index contributed by atoms with van der Waals surface area (Å²) in [5, 5.41) is 0. The van der Waals surface area contributed by atoms with Crippen LogP contribution in [0.5, 0.6) is 0 Å². The molecule has 0 aliphatic heterocycles. The minimum Gasteiger partial charge on any atom is -0.465 e. The lowest BCUT2D eigenvalue weighted by Crippen LogP contribution is -2.30. The molecule has 0 saturated carbocycles. The lowest BCUT2D eigenvalue weighted by molar-refractivity contribution is 0.0470. The molecule has 0 spiro atoms. The molecule has 0 N–H and O–H groups in total. The number of halogens is 1. The van der Waals surface area contributed by atoms with E-state index in [4.69, 9.17) is 9.47 Å². The van der Waals surface area contributed by atoms with Crippen LogP contribution in [0, 0.1) is 0 Å². The molecule has 4 aromatic rings. The second-order valence-electron chi connectivity index (χ2n) is 8.97. The number of sulfonamides is 1. The molecule has 0 aliphatic carbocycles. The van der Waals surface area contributed by atoms with Gasteiger partial charge in [0.15, 0.2) is 0 Å². The fourth-order valence-corrected chi connectivity index (χ4v) is 5.71. The van der Waals surface area contributed by atoms with Crippen LogP contribution in [0.4, 0.5) is 5.69 Å². The molecule has 9 nitrogen and oxygen atoms in total. The van der Waals surface area contributed by atoms with Crippen LogP contribution in [-0.2, 0) is 37.4 Å². The molecule has 0 unspecified atom stereocenters. The van der Waals surface area contributed by atoms with Crippen LogP contribution in [0.1, 0.15) is 42.2 Å². The van der Waals surface area contributed by atoms with E-state index in [1.54, 1.807) is 72.8 Å². The van der Waals surface area contributed by atoms with Crippen molar-refractivity contribution in [1.82, 2.24) is 0 Å². The summed E-state index contributed by atoms with van der Waals surface area (Å²) in [6.45, 7) is -0.120. The number of hydrogen-bond donors (Lipinski definition) is 0. The van der Waals surface area contributed by atoms with E-state index in [1.807, 2.05) is 0 Å². The number of hydrogen-bond acceptors (Lipinski definition) is 8. The smallest absolute Gasteiger partial charge is 0.338 e. The zero-order chi connectivity index (χ0) is 30.3. The van der Waals surface area contributed by atoms with Gasteiger partial charge in [0.1, 0.15) is 6.61 Å². The van der Waals surface area contributed by atoms with Crippen molar-refractivity contribution in [2.45, 2.75) is 18.0 Å². The summed E-state index contributed by atoms with van der Waals surface area (Å²) in [5.74, 6) is -1.69. The highest BCUT2D eigenvalue weighted by molar-refractivity contribution is 9.10. The first-order valence-electron chi connectivity index (χ1n) is 12.5. The summed E-state index contributed by atoms with van der Waals surface area (Å²) >= 11 is 3.37. The maximum Gasteiger partial charge on any atom is 0.338 e. The number of carbonyl (C=O) groups is 3. The van der Waals surface area contributed by atoms with Gasteiger partial charge in [-0.25, -0.2) is 22.8 Å². The first kappa shape index (κ1) is 30.5. The number of carbonyl (C=O) groups excluding carboxylic acids is 3. The molecule has 4 rings (SSSR count). The molecule has 0 heterocycles. The summed E-state index contributed by atoms with van der Waals surface area (Å²) < 4.78 is 44.7. The van der Waals surface area contributed by atoms with E-state index in [1.165, 1.54) is 42.8 Å². The summed E-state index contributed by atoms with van der Waals surface area (Å²) in [5.41, 5.74) is 2.42. The topological polar surface area (TPSA) is 116 Å². The lowest BCUT2D eigenvalue weighted by Gasteiger charge is -2.25. The van der Waals surface area contributed by atoms with Crippen molar-refractivity contribution in [2.24, 2.45) is 0 Å². The van der Waals surface area contributed by atoms with Crippen molar-refractivity contribution in [3.05, 3.63) is 129 Å². The highest BCUT2D eigenvalue weighted by Crippen LogP contribution is 2.28. The third-order valence-corrected chi connectivity index (χ3v) is 8.52. The third-order valence-electron chi connectivity index (χ3n) is 6.22. The number of ether oxygens (including phenoxy) is 3. The maximum atomic E-state index is 14.0. The average Bonchev–Trinajstić information content (AvgIpc) is 3.02. The van der Waals surface area contributed by atoms with Gasteiger partial charge >= 0.3 is 17.9 Å². The summed E-state index contributed by atoms with van der Waals surface area (Å²) in [7, 11) is -1.59. The standard InChI is InChI=1S/C31H26BrNO8S/c1-39-29(34)23-10-6-21(7-11-23)19-33(27-16-14-26(32)15-17-27)42(37,38)28-5-3-4-25(18-28)31(36)41-20-22-8-12-24(13-9-22)30(35)40-2/h3-18H,19-20H2,1-2H3. The normalized spacial score (nSPS) is 10.9. The third kappa shape index (κ3) is 7.23. The molecule has 0 aromatic heterocycles. The molecule has 216 valence electrons. The molecule has 0 fully saturated rings. The number of benzene rings is 4. The van der Waals surface area contributed by atoms with Crippen LogP contribution in [0.2, 0.25) is 0 Å². The van der Waals surface area contributed by atoms with Crippen molar-refractivity contribution in [3.8, 4) is 0 Å². The predicted octanol–water partition coefficient (Wildman–Crippen LogP) is 5.77. The van der Waals surface area contributed by atoms with E-state index in [-0.39, 0.29) is 23.6 Å². The minimum atomic E-state index is -4.16. The van der Waals surface area contributed by atoms with Crippen LogP contribution in [0.3, 0.4) is 0 Å². The molecule has 0 atom stereocenters. The van der Waals surface area contributed by atoms with Crippen LogP contribution < -0.4 is 4.31 Å². The highest BCUT2D eigenvalue weighted by atomic mass is 79.9. The average molecular weight is 653 g/mol. The zero-order valence-electron chi connectivity index (χ0n) is 22.7. The summed E-state index contributed by atoms with van der Waals surface area (Å²) in [4.78, 5) is 36.2. The van der Waals surface area contributed by atoms with Crippen molar-refractivity contribution in [1.29, 1.82) is 0 Å². The zero-order valence-corrected chi connectivity index (χ0v) is 25.1. The highest BCUT2D eigenvalue weighted by Gasteiger charge is 2.26. The summed E-state index contributed by atoms with van der Waals surface area (Å²) in [6, 6.07) is 25.2. The van der Waals surface area contributed by atoms with Crippen molar-refractivity contribution >= 4 is 49.5 Å².